The summed E-state index contributed by atoms with van der Waals surface area (Å²) in [7, 11) is 0. The van der Waals surface area contributed by atoms with E-state index in [2.05, 4.69) is 12.2 Å². The van der Waals surface area contributed by atoms with Crippen molar-refractivity contribution in [1.82, 2.24) is 10.2 Å². The molecule has 0 spiro atoms. The molecule has 1 atom stereocenters. The van der Waals surface area contributed by atoms with Crippen molar-refractivity contribution in [3.63, 3.8) is 0 Å². The second-order valence-electron chi connectivity index (χ2n) is 5.40. The van der Waals surface area contributed by atoms with E-state index in [1.807, 2.05) is 25.7 Å². The molecule has 1 amide bonds. The van der Waals surface area contributed by atoms with Crippen molar-refractivity contribution in [2.45, 2.75) is 46.6 Å². The van der Waals surface area contributed by atoms with Gasteiger partial charge >= 0.3 is 0 Å². The highest BCUT2D eigenvalue weighted by molar-refractivity contribution is 5.81. The first-order valence-corrected chi connectivity index (χ1v) is 5.98. The quantitative estimate of drug-likeness (QED) is 0.754. The lowest BCUT2D eigenvalue weighted by molar-refractivity contribution is -0.140. The molecule has 0 aliphatic carbocycles. The number of amides is 1. The van der Waals surface area contributed by atoms with E-state index in [-0.39, 0.29) is 11.3 Å². The van der Waals surface area contributed by atoms with E-state index < -0.39 is 0 Å². The predicted molar refractivity (Wildman–Crippen MR) is 62.7 cm³/mol. The van der Waals surface area contributed by atoms with Gasteiger partial charge in [0, 0.05) is 24.5 Å². The lowest BCUT2D eigenvalue weighted by Crippen LogP contribution is -2.50. The number of nitrogens with one attached hydrogen (secondary N) is 1. The minimum Gasteiger partial charge on any atom is -0.341 e. The van der Waals surface area contributed by atoms with Crippen molar-refractivity contribution in [2.75, 3.05) is 19.6 Å². The summed E-state index contributed by atoms with van der Waals surface area (Å²) < 4.78 is 0. The van der Waals surface area contributed by atoms with Gasteiger partial charge in [-0.25, -0.2) is 0 Å². The monoisotopic (exact) mass is 212 g/mol. The third-order valence-electron chi connectivity index (χ3n) is 2.84. The molecule has 3 nitrogen and oxygen atoms in total. The molecule has 3 heteroatoms. The Kier molecular flexibility index (Phi) is 4.14. The van der Waals surface area contributed by atoms with Crippen LogP contribution in [0.15, 0.2) is 0 Å². The maximum atomic E-state index is 12.1. The number of likely N-dealkylation sites (tertiary alicyclic amines) is 1. The number of rotatable bonds is 2. The van der Waals surface area contributed by atoms with Gasteiger partial charge in [-0.15, -0.1) is 0 Å². The minimum absolute atomic E-state index is 0.242. The van der Waals surface area contributed by atoms with Gasteiger partial charge in [-0.2, -0.15) is 0 Å². The summed E-state index contributed by atoms with van der Waals surface area (Å²) in [5, 5.41) is 3.43. The summed E-state index contributed by atoms with van der Waals surface area (Å²) in [5.74, 6) is 0.283. The summed E-state index contributed by atoms with van der Waals surface area (Å²) in [6, 6.07) is 0.495. The van der Waals surface area contributed by atoms with Gasteiger partial charge in [-0.05, 0) is 19.4 Å². The second kappa shape index (κ2) is 4.97. The summed E-state index contributed by atoms with van der Waals surface area (Å²) in [5.41, 5.74) is -0.242. The summed E-state index contributed by atoms with van der Waals surface area (Å²) >= 11 is 0. The van der Waals surface area contributed by atoms with E-state index >= 15 is 0 Å². The predicted octanol–water partition coefficient (Wildman–Crippen LogP) is 1.63. The number of carbonyl (C=O) groups excluding carboxylic acids is 1. The molecule has 1 aliphatic rings. The van der Waals surface area contributed by atoms with Crippen LogP contribution in [0.2, 0.25) is 0 Å². The summed E-state index contributed by atoms with van der Waals surface area (Å²) in [6.45, 7) is 10.9. The van der Waals surface area contributed by atoms with Crippen LogP contribution in [0.3, 0.4) is 0 Å². The van der Waals surface area contributed by atoms with Crippen molar-refractivity contribution in [3.8, 4) is 0 Å². The zero-order chi connectivity index (χ0) is 11.5. The van der Waals surface area contributed by atoms with Gasteiger partial charge in [-0.3, -0.25) is 4.79 Å². The largest absolute Gasteiger partial charge is 0.341 e. The van der Waals surface area contributed by atoms with Crippen LogP contribution in [-0.2, 0) is 4.79 Å². The molecule has 1 unspecified atom stereocenters. The van der Waals surface area contributed by atoms with Crippen LogP contribution in [0.25, 0.3) is 0 Å². The number of nitrogens with zero attached hydrogens (tertiary/aromatic N) is 1. The van der Waals surface area contributed by atoms with Crippen LogP contribution < -0.4 is 5.32 Å². The third kappa shape index (κ3) is 3.49. The van der Waals surface area contributed by atoms with Gasteiger partial charge in [0.2, 0.25) is 5.91 Å². The van der Waals surface area contributed by atoms with Crippen molar-refractivity contribution < 1.29 is 4.79 Å². The van der Waals surface area contributed by atoms with E-state index in [1.54, 1.807) is 0 Å². The molecule has 0 aromatic carbocycles. The number of hydrogen-bond acceptors (Lipinski definition) is 2. The summed E-state index contributed by atoms with van der Waals surface area (Å²) in [6.07, 6.45) is 2.32. The summed E-state index contributed by atoms with van der Waals surface area (Å²) in [4.78, 5) is 14.1. The number of hydrogen-bond donors (Lipinski definition) is 1. The van der Waals surface area contributed by atoms with Crippen LogP contribution in [0.1, 0.15) is 40.5 Å². The second-order valence-corrected chi connectivity index (χ2v) is 5.40. The zero-order valence-corrected chi connectivity index (χ0v) is 10.5. The molecular weight excluding hydrogens is 188 g/mol. The average Bonchev–Trinajstić information content (AvgIpc) is 2.16. The van der Waals surface area contributed by atoms with E-state index in [9.17, 15) is 4.79 Å². The average molecular weight is 212 g/mol. The Morgan fingerprint density at radius 1 is 1.47 bits per heavy atom. The molecule has 1 aliphatic heterocycles. The Morgan fingerprint density at radius 3 is 2.67 bits per heavy atom. The fraction of sp³-hybridized carbons (Fsp3) is 0.917. The Labute approximate surface area is 93.2 Å². The highest BCUT2D eigenvalue weighted by Gasteiger charge is 2.30. The first-order chi connectivity index (χ1) is 6.95. The molecule has 0 saturated carbocycles. The van der Waals surface area contributed by atoms with E-state index in [1.165, 1.54) is 6.42 Å². The molecule has 0 aromatic heterocycles. The van der Waals surface area contributed by atoms with Gasteiger partial charge in [0.05, 0.1) is 0 Å². The smallest absolute Gasteiger partial charge is 0.227 e. The van der Waals surface area contributed by atoms with Crippen molar-refractivity contribution in [1.29, 1.82) is 0 Å². The Hall–Kier alpha value is -0.570. The molecule has 15 heavy (non-hydrogen) atoms. The molecule has 0 bridgehead atoms. The Bertz CT molecular complexity index is 218. The molecular formula is C12H24N2O. The highest BCUT2D eigenvalue weighted by atomic mass is 16.2. The zero-order valence-electron chi connectivity index (χ0n) is 10.5. The molecule has 0 aromatic rings. The molecule has 1 fully saturated rings. The van der Waals surface area contributed by atoms with Crippen molar-refractivity contribution in [3.05, 3.63) is 0 Å². The van der Waals surface area contributed by atoms with Gasteiger partial charge in [0.1, 0.15) is 0 Å². The Balaban J connectivity index is 2.52. The minimum atomic E-state index is -0.242. The van der Waals surface area contributed by atoms with Crippen LogP contribution in [0, 0.1) is 5.41 Å². The molecule has 1 saturated heterocycles. The normalized spacial score (nSPS) is 22.9. The first-order valence-electron chi connectivity index (χ1n) is 5.98. The lowest BCUT2D eigenvalue weighted by Gasteiger charge is -2.36. The molecule has 0 radical (unpaired) electrons. The maximum absolute atomic E-state index is 12.1. The van der Waals surface area contributed by atoms with Crippen LogP contribution in [0.5, 0.6) is 0 Å². The molecule has 1 heterocycles. The number of likely N-dealkylation sites (N-methyl/N-ethyl adjacent to an activating group) is 1. The fourth-order valence-electron chi connectivity index (χ4n) is 2.09. The van der Waals surface area contributed by atoms with Gasteiger partial charge < -0.3 is 10.2 Å². The number of piperidine rings is 1. The SMILES string of the molecule is CCNC1CCCN(C(=O)C(C)(C)C)C1. The fourth-order valence-corrected chi connectivity index (χ4v) is 2.09. The van der Waals surface area contributed by atoms with Crippen LogP contribution in [0.4, 0.5) is 0 Å². The van der Waals surface area contributed by atoms with Gasteiger partial charge in [-0.1, -0.05) is 27.7 Å². The van der Waals surface area contributed by atoms with Crippen LogP contribution >= 0.6 is 0 Å². The van der Waals surface area contributed by atoms with Crippen molar-refractivity contribution in [2.24, 2.45) is 5.41 Å². The van der Waals surface area contributed by atoms with Crippen LogP contribution in [-0.4, -0.2) is 36.5 Å². The Morgan fingerprint density at radius 2 is 2.13 bits per heavy atom. The molecule has 88 valence electrons. The van der Waals surface area contributed by atoms with E-state index in [0.29, 0.717) is 6.04 Å². The molecule has 1 N–H and O–H groups in total. The first kappa shape index (κ1) is 12.5. The maximum Gasteiger partial charge on any atom is 0.227 e. The van der Waals surface area contributed by atoms with Gasteiger partial charge in [0.25, 0.3) is 0 Å². The van der Waals surface area contributed by atoms with Gasteiger partial charge in [0.15, 0.2) is 0 Å². The number of carbonyl (C=O) groups is 1. The third-order valence-corrected chi connectivity index (χ3v) is 2.84. The lowest BCUT2D eigenvalue weighted by atomic mass is 9.93. The topological polar surface area (TPSA) is 32.3 Å². The highest BCUT2D eigenvalue weighted by Crippen LogP contribution is 2.20. The van der Waals surface area contributed by atoms with E-state index in [0.717, 1.165) is 26.1 Å². The molecule has 1 rings (SSSR count). The standard InChI is InChI=1S/C12H24N2O/c1-5-13-10-7-6-8-14(9-10)11(15)12(2,3)4/h10,13H,5-9H2,1-4H3. The van der Waals surface area contributed by atoms with E-state index in [4.69, 9.17) is 0 Å². The van der Waals surface area contributed by atoms with Crippen molar-refractivity contribution >= 4 is 5.91 Å².